The predicted octanol–water partition coefficient (Wildman–Crippen LogP) is 2.37. The van der Waals surface area contributed by atoms with E-state index in [4.69, 9.17) is 6.42 Å². The summed E-state index contributed by atoms with van der Waals surface area (Å²) in [5, 5.41) is 6.25. The number of anilines is 1. The maximum absolute atomic E-state index is 5.25. The molecular weight excluding hydrogens is 387 g/mol. The second-order valence-electron chi connectivity index (χ2n) is 4.80. The molecule has 5 heteroatoms. The highest BCUT2D eigenvalue weighted by atomic mass is 127. The average Bonchev–Trinajstić information content (AvgIpc) is 3.05. The van der Waals surface area contributed by atoms with Crippen LogP contribution in [0.2, 0.25) is 0 Å². The van der Waals surface area contributed by atoms with Gasteiger partial charge in [0.05, 0.1) is 13.1 Å². The van der Waals surface area contributed by atoms with Crippen molar-refractivity contribution < 1.29 is 0 Å². The largest absolute Gasteiger partial charge is 0.364 e. The van der Waals surface area contributed by atoms with E-state index in [1.807, 2.05) is 6.92 Å². The number of benzene rings is 1. The summed E-state index contributed by atoms with van der Waals surface area (Å²) in [7, 11) is 0. The van der Waals surface area contributed by atoms with Gasteiger partial charge in [-0.3, -0.25) is 0 Å². The van der Waals surface area contributed by atoms with Crippen LogP contribution in [0.25, 0.3) is 0 Å². The van der Waals surface area contributed by atoms with Gasteiger partial charge in [0.1, 0.15) is 0 Å². The lowest BCUT2D eigenvalue weighted by molar-refractivity contribution is 0.865. The molecule has 0 unspecified atom stereocenters. The van der Waals surface area contributed by atoms with Crippen LogP contribution in [0.1, 0.15) is 12.5 Å². The first-order chi connectivity index (χ1) is 10.3. The van der Waals surface area contributed by atoms with Crippen molar-refractivity contribution in [3.05, 3.63) is 42.0 Å². The van der Waals surface area contributed by atoms with Gasteiger partial charge < -0.3 is 15.5 Å². The van der Waals surface area contributed by atoms with Crippen LogP contribution in [0.5, 0.6) is 0 Å². The molecule has 0 spiro atoms. The Morgan fingerprint density at radius 2 is 1.91 bits per heavy atom. The number of hydrogen-bond donors (Lipinski definition) is 2. The summed E-state index contributed by atoms with van der Waals surface area (Å²) in [5.74, 6) is 3.30. The van der Waals surface area contributed by atoms with Gasteiger partial charge in [-0.25, -0.2) is 4.99 Å². The monoisotopic (exact) mass is 410 g/mol. The number of rotatable bonds is 5. The smallest absolute Gasteiger partial charge is 0.192 e. The summed E-state index contributed by atoms with van der Waals surface area (Å²) in [6.07, 6.45) is 9.64. The summed E-state index contributed by atoms with van der Waals surface area (Å²) in [6, 6.07) is 8.56. The van der Waals surface area contributed by atoms with Crippen LogP contribution < -0.4 is 15.5 Å². The normalized spacial score (nSPS) is 13.5. The Labute approximate surface area is 150 Å². The minimum absolute atomic E-state index is 0. The fourth-order valence-corrected chi connectivity index (χ4v) is 2.15. The molecule has 0 atom stereocenters. The first kappa shape index (κ1) is 18.4. The fraction of sp³-hybridized carbons (Fsp3) is 0.353. The van der Waals surface area contributed by atoms with Crippen molar-refractivity contribution in [1.29, 1.82) is 0 Å². The molecule has 0 saturated heterocycles. The molecule has 0 radical (unpaired) electrons. The second-order valence-corrected chi connectivity index (χ2v) is 4.80. The lowest BCUT2D eigenvalue weighted by Gasteiger charge is -2.17. The quantitative estimate of drug-likeness (QED) is 0.258. The number of nitrogens with one attached hydrogen (secondary N) is 2. The molecule has 1 aromatic rings. The van der Waals surface area contributed by atoms with Gasteiger partial charge in [0, 0.05) is 25.3 Å². The zero-order valence-corrected chi connectivity index (χ0v) is 15.2. The van der Waals surface area contributed by atoms with Crippen molar-refractivity contribution in [2.45, 2.75) is 13.5 Å². The first-order valence-corrected chi connectivity index (χ1v) is 7.28. The van der Waals surface area contributed by atoms with Crippen LogP contribution in [-0.4, -0.2) is 32.1 Å². The third-order valence-electron chi connectivity index (χ3n) is 3.24. The van der Waals surface area contributed by atoms with Gasteiger partial charge in [0.15, 0.2) is 5.96 Å². The van der Waals surface area contributed by atoms with Crippen LogP contribution in [0.3, 0.4) is 0 Å². The Morgan fingerprint density at radius 1 is 1.23 bits per heavy atom. The minimum Gasteiger partial charge on any atom is -0.364 e. The van der Waals surface area contributed by atoms with E-state index in [0.717, 1.165) is 25.6 Å². The number of aliphatic imine (C=N–C) groups is 1. The van der Waals surface area contributed by atoms with E-state index in [9.17, 15) is 0 Å². The number of nitrogens with zero attached hydrogens (tertiary/aromatic N) is 2. The van der Waals surface area contributed by atoms with E-state index >= 15 is 0 Å². The molecule has 2 N–H and O–H groups in total. The average molecular weight is 410 g/mol. The van der Waals surface area contributed by atoms with Gasteiger partial charge >= 0.3 is 0 Å². The van der Waals surface area contributed by atoms with Crippen LogP contribution in [-0.2, 0) is 6.54 Å². The van der Waals surface area contributed by atoms with Crippen LogP contribution in [0, 0.1) is 12.3 Å². The van der Waals surface area contributed by atoms with Crippen molar-refractivity contribution in [1.82, 2.24) is 10.6 Å². The van der Waals surface area contributed by atoms with E-state index < -0.39 is 0 Å². The van der Waals surface area contributed by atoms with Crippen LogP contribution in [0.4, 0.5) is 5.69 Å². The molecule has 0 fully saturated rings. The fourth-order valence-electron chi connectivity index (χ4n) is 2.15. The first-order valence-electron chi connectivity index (χ1n) is 7.28. The maximum atomic E-state index is 5.25. The van der Waals surface area contributed by atoms with Crippen molar-refractivity contribution in [2.24, 2.45) is 4.99 Å². The number of terminal acetylenes is 1. The third kappa shape index (κ3) is 5.60. The van der Waals surface area contributed by atoms with Crippen molar-refractivity contribution in [3.8, 4) is 12.3 Å². The molecule has 0 saturated carbocycles. The molecule has 2 rings (SSSR count). The lowest BCUT2D eigenvalue weighted by Crippen LogP contribution is -2.37. The SMILES string of the molecule is C#CCNC(=NCc1ccc(N2CC=CC2)cc1)NCC.I. The van der Waals surface area contributed by atoms with E-state index in [-0.39, 0.29) is 24.0 Å². The standard InChI is InChI=1S/C17H22N4.HI/c1-3-11-19-17(18-4-2)20-14-15-7-9-16(10-8-15)21-12-5-6-13-21;/h1,5-10H,4,11-14H2,2H3,(H2,18,19,20);1H. The predicted molar refractivity (Wildman–Crippen MR) is 105 cm³/mol. The molecule has 0 bridgehead atoms. The molecule has 0 aliphatic carbocycles. The van der Waals surface area contributed by atoms with Crippen molar-refractivity contribution in [3.63, 3.8) is 0 Å². The zero-order chi connectivity index (χ0) is 14.9. The second kappa shape index (κ2) is 10.1. The Balaban J connectivity index is 0.00000242. The van der Waals surface area contributed by atoms with Crippen molar-refractivity contribution in [2.75, 3.05) is 31.1 Å². The number of guanidine groups is 1. The highest BCUT2D eigenvalue weighted by Gasteiger charge is 2.06. The molecule has 0 amide bonds. The molecule has 1 aliphatic heterocycles. The number of halogens is 1. The van der Waals surface area contributed by atoms with E-state index in [1.54, 1.807) is 0 Å². The Hall–Kier alpha value is -1.68. The van der Waals surface area contributed by atoms with Gasteiger partial charge in [0.25, 0.3) is 0 Å². The Kier molecular flexibility index (Phi) is 8.44. The van der Waals surface area contributed by atoms with Gasteiger partial charge in [-0.1, -0.05) is 30.2 Å². The van der Waals surface area contributed by atoms with E-state index in [2.05, 4.69) is 62.9 Å². The molecule has 1 aromatic carbocycles. The third-order valence-corrected chi connectivity index (χ3v) is 3.24. The van der Waals surface area contributed by atoms with E-state index in [0.29, 0.717) is 13.1 Å². The van der Waals surface area contributed by atoms with Crippen LogP contribution >= 0.6 is 24.0 Å². The maximum Gasteiger partial charge on any atom is 0.192 e. The van der Waals surface area contributed by atoms with Gasteiger partial charge in [-0.05, 0) is 24.6 Å². The molecule has 22 heavy (non-hydrogen) atoms. The summed E-state index contributed by atoms with van der Waals surface area (Å²) >= 11 is 0. The highest BCUT2D eigenvalue weighted by Crippen LogP contribution is 2.17. The lowest BCUT2D eigenvalue weighted by atomic mass is 10.2. The topological polar surface area (TPSA) is 39.7 Å². The summed E-state index contributed by atoms with van der Waals surface area (Å²) < 4.78 is 0. The molecule has 4 nitrogen and oxygen atoms in total. The van der Waals surface area contributed by atoms with Crippen molar-refractivity contribution >= 4 is 35.6 Å². The van der Waals surface area contributed by atoms with Gasteiger partial charge in [0.2, 0.25) is 0 Å². The van der Waals surface area contributed by atoms with Gasteiger partial charge in [-0.2, -0.15) is 0 Å². The minimum atomic E-state index is 0. The Morgan fingerprint density at radius 3 is 2.50 bits per heavy atom. The molecule has 1 heterocycles. The van der Waals surface area contributed by atoms with E-state index in [1.165, 1.54) is 11.3 Å². The molecular formula is C17H23IN4. The molecule has 0 aromatic heterocycles. The highest BCUT2D eigenvalue weighted by molar-refractivity contribution is 14.0. The molecule has 1 aliphatic rings. The zero-order valence-electron chi connectivity index (χ0n) is 12.9. The summed E-state index contributed by atoms with van der Waals surface area (Å²) in [4.78, 5) is 6.85. The van der Waals surface area contributed by atoms with Gasteiger partial charge in [-0.15, -0.1) is 30.4 Å². The summed E-state index contributed by atoms with van der Waals surface area (Å²) in [5.41, 5.74) is 2.44. The number of hydrogen-bond acceptors (Lipinski definition) is 2. The molecule has 118 valence electrons. The van der Waals surface area contributed by atoms with Crippen LogP contribution in [0.15, 0.2) is 41.4 Å². The Bertz CT molecular complexity index is 535. The summed E-state index contributed by atoms with van der Waals surface area (Å²) in [6.45, 7) is 5.96.